The van der Waals surface area contributed by atoms with Gasteiger partial charge in [0.1, 0.15) is 5.01 Å². The maximum Gasteiger partial charge on any atom is 0.240 e. The minimum Gasteiger partial charge on any atom is -0.381 e. The van der Waals surface area contributed by atoms with Crippen molar-refractivity contribution >= 4 is 29.7 Å². The van der Waals surface area contributed by atoms with Crippen molar-refractivity contribution in [1.29, 1.82) is 0 Å². The topological polar surface area (TPSA) is 77.2 Å². The molecule has 1 aliphatic heterocycles. The van der Waals surface area contributed by atoms with Gasteiger partial charge in [-0.25, -0.2) is 4.98 Å². The van der Waals surface area contributed by atoms with E-state index in [0.717, 1.165) is 16.3 Å². The normalized spacial score (nSPS) is 17.6. The zero-order valence-corrected chi connectivity index (χ0v) is 15.2. The van der Waals surface area contributed by atoms with Crippen LogP contribution >= 0.6 is 23.7 Å². The smallest absolute Gasteiger partial charge is 0.240 e. The molecule has 1 unspecified atom stereocenters. The summed E-state index contributed by atoms with van der Waals surface area (Å²) in [7, 11) is 0. The Bertz CT molecular complexity index is 671. The summed E-state index contributed by atoms with van der Waals surface area (Å²) in [6, 6.07) is 9.85. The first-order chi connectivity index (χ1) is 11.1. The van der Waals surface area contributed by atoms with Crippen molar-refractivity contribution in [2.75, 3.05) is 13.2 Å². The molecule has 5 nitrogen and oxygen atoms in total. The van der Waals surface area contributed by atoms with Gasteiger partial charge in [-0.15, -0.1) is 23.7 Å². The minimum atomic E-state index is -0.827. The molecule has 0 aliphatic carbocycles. The van der Waals surface area contributed by atoms with Crippen molar-refractivity contribution in [3.05, 3.63) is 40.7 Å². The summed E-state index contributed by atoms with van der Waals surface area (Å²) in [6.45, 7) is 3.01. The number of ether oxygens (including phenoxy) is 1. The lowest BCUT2D eigenvalue weighted by Gasteiger charge is -2.32. The number of nitrogens with two attached hydrogens (primary N) is 1. The summed E-state index contributed by atoms with van der Waals surface area (Å²) in [5.41, 5.74) is 7.40. The molecular formula is C17H22ClN3O2S. The largest absolute Gasteiger partial charge is 0.381 e. The average molecular weight is 368 g/mol. The molecule has 3 rings (SSSR count). The van der Waals surface area contributed by atoms with Crippen molar-refractivity contribution in [2.24, 2.45) is 5.73 Å². The second-order valence-corrected chi connectivity index (χ2v) is 6.79. The third-order valence-electron chi connectivity index (χ3n) is 4.15. The summed E-state index contributed by atoms with van der Waals surface area (Å²) in [5, 5.41) is 5.90. The molecule has 130 valence electrons. The Kier molecular flexibility index (Phi) is 6.34. The van der Waals surface area contributed by atoms with E-state index in [1.807, 2.05) is 42.6 Å². The number of nitrogens with one attached hydrogen (secondary N) is 1. The molecule has 1 atom stereocenters. The summed E-state index contributed by atoms with van der Waals surface area (Å²) < 4.78 is 5.29. The van der Waals surface area contributed by atoms with Gasteiger partial charge in [0.15, 0.2) is 0 Å². The predicted octanol–water partition coefficient (Wildman–Crippen LogP) is 2.92. The van der Waals surface area contributed by atoms with E-state index in [4.69, 9.17) is 10.5 Å². The van der Waals surface area contributed by atoms with Crippen LogP contribution in [-0.2, 0) is 9.53 Å². The molecule has 0 saturated carbocycles. The number of aromatic nitrogens is 1. The number of amides is 1. The highest BCUT2D eigenvalue weighted by Gasteiger charge is 2.36. The molecule has 1 fully saturated rings. The van der Waals surface area contributed by atoms with E-state index in [-0.39, 0.29) is 24.4 Å². The number of rotatable bonds is 4. The third kappa shape index (κ3) is 4.13. The molecule has 0 spiro atoms. The zero-order valence-electron chi connectivity index (χ0n) is 13.5. The number of carbonyl (C=O) groups excluding carboxylic acids is 1. The fourth-order valence-electron chi connectivity index (χ4n) is 2.59. The molecule has 1 aromatic carbocycles. The molecule has 7 heteroatoms. The van der Waals surface area contributed by atoms with Gasteiger partial charge in [-0.05, 0) is 19.8 Å². The highest BCUT2D eigenvalue weighted by Crippen LogP contribution is 2.26. The fourth-order valence-corrected chi connectivity index (χ4v) is 3.43. The van der Waals surface area contributed by atoms with Gasteiger partial charge >= 0.3 is 0 Å². The van der Waals surface area contributed by atoms with E-state index >= 15 is 0 Å². The molecule has 1 aromatic heterocycles. The highest BCUT2D eigenvalue weighted by atomic mass is 35.5. The van der Waals surface area contributed by atoms with Gasteiger partial charge < -0.3 is 15.8 Å². The molecule has 24 heavy (non-hydrogen) atoms. The van der Waals surface area contributed by atoms with Crippen molar-refractivity contribution in [1.82, 2.24) is 10.3 Å². The zero-order chi connectivity index (χ0) is 16.3. The highest BCUT2D eigenvalue weighted by molar-refractivity contribution is 7.10. The molecular weight excluding hydrogens is 346 g/mol. The van der Waals surface area contributed by atoms with E-state index in [0.29, 0.717) is 26.1 Å². The van der Waals surface area contributed by atoms with Crippen molar-refractivity contribution < 1.29 is 9.53 Å². The number of nitrogens with zero attached hydrogens (tertiary/aromatic N) is 1. The van der Waals surface area contributed by atoms with Crippen molar-refractivity contribution in [2.45, 2.75) is 31.3 Å². The standard InChI is InChI=1S/C17H21N3O2S.ClH/c1-12(19-16(21)17(18)7-9-22-10-8-17)15-20-14(11-23-15)13-5-3-2-4-6-13;/h2-6,11-12H,7-10,18H2,1H3,(H,19,21);1H. The van der Waals surface area contributed by atoms with Crippen LogP contribution in [0, 0.1) is 0 Å². The van der Waals surface area contributed by atoms with E-state index in [2.05, 4.69) is 10.3 Å². The molecule has 1 saturated heterocycles. The van der Waals surface area contributed by atoms with Gasteiger partial charge in [0.25, 0.3) is 0 Å². The number of carbonyl (C=O) groups is 1. The lowest BCUT2D eigenvalue weighted by molar-refractivity contribution is -0.130. The van der Waals surface area contributed by atoms with Gasteiger partial charge in [0, 0.05) is 24.2 Å². The molecule has 0 radical (unpaired) electrons. The quantitative estimate of drug-likeness (QED) is 0.871. The number of benzene rings is 1. The van der Waals surface area contributed by atoms with Gasteiger partial charge in [-0.2, -0.15) is 0 Å². The lowest BCUT2D eigenvalue weighted by atomic mass is 9.90. The Labute approximate surface area is 152 Å². The lowest BCUT2D eigenvalue weighted by Crippen LogP contribution is -2.57. The maximum absolute atomic E-state index is 12.5. The van der Waals surface area contributed by atoms with Gasteiger partial charge in [-0.1, -0.05) is 30.3 Å². The number of halogens is 1. The molecule has 2 aromatic rings. The van der Waals surface area contributed by atoms with Crippen LogP contribution in [0.25, 0.3) is 11.3 Å². The molecule has 0 bridgehead atoms. The van der Waals surface area contributed by atoms with Crippen molar-refractivity contribution in [3.8, 4) is 11.3 Å². The Balaban J connectivity index is 0.00000208. The average Bonchev–Trinajstić information content (AvgIpc) is 3.06. The molecule has 1 amide bonds. The van der Waals surface area contributed by atoms with Gasteiger partial charge in [0.2, 0.25) is 5.91 Å². The monoisotopic (exact) mass is 367 g/mol. The van der Waals surface area contributed by atoms with E-state index in [9.17, 15) is 4.79 Å². The molecule has 3 N–H and O–H groups in total. The third-order valence-corrected chi connectivity index (χ3v) is 5.17. The second-order valence-electron chi connectivity index (χ2n) is 5.90. The Morgan fingerprint density at radius 3 is 2.67 bits per heavy atom. The van der Waals surface area contributed by atoms with Crippen LogP contribution in [0.5, 0.6) is 0 Å². The minimum absolute atomic E-state index is 0. The van der Waals surface area contributed by atoms with Crippen LogP contribution in [0.4, 0.5) is 0 Å². The van der Waals surface area contributed by atoms with Crippen molar-refractivity contribution in [3.63, 3.8) is 0 Å². The summed E-state index contributed by atoms with van der Waals surface area (Å²) in [5.74, 6) is -0.121. The van der Waals surface area contributed by atoms with Crippen LogP contribution in [0.2, 0.25) is 0 Å². The van der Waals surface area contributed by atoms with Crippen LogP contribution in [0.1, 0.15) is 30.8 Å². The number of hydrogen-bond acceptors (Lipinski definition) is 5. The first-order valence-electron chi connectivity index (χ1n) is 7.77. The first kappa shape index (κ1) is 18.9. The predicted molar refractivity (Wildman–Crippen MR) is 98.3 cm³/mol. The van der Waals surface area contributed by atoms with E-state index in [1.54, 1.807) is 11.3 Å². The first-order valence-corrected chi connectivity index (χ1v) is 8.65. The molecule has 1 aliphatic rings. The summed E-state index contributed by atoms with van der Waals surface area (Å²) >= 11 is 1.55. The van der Waals surface area contributed by atoms with Crippen LogP contribution < -0.4 is 11.1 Å². The van der Waals surface area contributed by atoms with E-state index < -0.39 is 5.54 Å². The summed E-state index contributed by atoms with van der Waals surface area (Å²) in [4.78, 5) is 17.1. The number of thiazole rings is 1. The SMILES string of the molecule is CC(NC(=O)C1(N)CCOCC1)c1nc(-c2ccccc2)cs1.Cl. The fraction of sp³-hybridized carbons (Fsp3) is 0.412. The van der Waals surface area contributed by atoms with Crippen LogP contribution in [0.15, 0.2) is 35.7 Å². The Morgan fingerprint density at radius 1 is 1.33 bits per heavy atom. The Morgan fingerprint density at radius 2 is 2.00 bits per heavy atom. The second kappa shape index (κ2) is 8.07. The number of hydrogen-bond donors (Lipinski definition) is 2. The maximum atomic E-state index is 12.5. The molecule has 2 heterocycles. The van der Waals surface area contributed by atoms with Crippen LogP contribution in [0.3, 0.4) is 0 Å². The van der Waals surface area contributed by atoms with Gasteiger partial charge in [0.05, 0.1) is 17.3 Å². The van der Waals surface area contributed by atoms with E-state index in [1.165, 1.54) is 0 Å². The Hall–Kier alpha value is -1.47. The van der Waals surface area contributed by atoms with Crippen LogP contribution in [-0.4, -0.2) is 29.6 Å². The summed E-state index contributed by atoms with van der Waals surface area (Å²) in [6.07, 6.45) is 1.11. The van der Waals surface area contributed by atoms with Gasteiger partial charge in [-0.3, -0.25) is 4.79 Å².